The number of H-pyrrole nitrogens is 1. The summed E-state index contributed by atoms with van der Waals surface area (Å²) >= 11 is 0. The van der Waals surface area contributed by atoms with E-state index in [0.29, 0.717) is 5.56 Å². The minimum absolute atomic E-state index is 0.208. The van der Waals surface area contributed by atoms with Crippen LogP contribution in [0.1, 0.15) is 16.2 Å². The molecule has 0 spiro atoms. The van der Waals surface area contributed by atoms with Gasteiger partial charge in [0, 0.05) is 17.5 Å². The van der Waals surface area contributed by atoms with Crippen LogP contribution in [0.5, 0.6) is 0 Å². The second kappa shape index (κ2) is 7.72. The van der Waals surface area contributed by atoms with Crippen molar-refractivity contribution >= 4 is 17.2 Å². The van der Waals surface area contributed by atoms with Crippen molar-refractivity contribution in [3.63, 3.8) is 0 Å². The number of rotatable bonds is 5. The van der Waals surface area contributed by atoms with E-state index in [1.165, 1.54) is 13.3 Å². The highest BCUT2D eigenvalue weighted by Crippen LogP contribution is 2.28. The second-order valence-electron chi connectivity index (χ2n) is 5.16. The van der Waals surface area contributed by atoms with Crippen molar-refractivity contribution in [3.8, 4) is 17.2 Å². The maximum absolute atomic E-state index is 11.6. The predicted octanol–water partition coefficient (Wildman–Crippen LogP) is 2.63. The summed E-state index contributed by atoms with van der Waals surface area (Å²) in [6, 6.07) is 16.7. The number of nitrogens with one attached hydrogen (secondary N) is 2. The van der Waals surface area contributed by atoms with Gasteiger partial charge in [0.1, 0.15) is 11.6 Å². The number of carbonyl (C=O) groups excluding carboxylic acids is 1. The van der Waals surface area contributed by atoms with Crippen LogP contribution in [0.4, 0.5) is 5.69 Å². The van der Waals surface area contributed by atoms with Gasteiger partial charge < -0.3 is 10.1 Å². The van der Waals surface area contributed by atoms with Crippen LogP contribution in [0, 0.1) is 11.3 Å². The third-order valence-corrected chi connectivity index (χ3v) is 3.62. The molecule has 0 amide bonds. The first-order chi connectivity index (χ1) is 12.7. The molecule has 3 aromatic rings. The molecule has 2 N–H and O–H groups in total. The van der Waals surface area contributed by atoms with Gasteiger partial charge in [-0.05, 0) is 29.0 Å². The number of nitrogens with zero attached hydrogens (tertiary/aromatic N) is 4. The van der Waals surface area contributed by atoms with Crippen molar-refractivity contribution in [1.29, 1.82) is 5.26 Å². The number of hydrogen-bond donors (Lipinski definition) is 2. The number of tetrazole rings is 1. The average molecular weight is 346 g/mol. The number of benzene rings is 2. The molecule has 0 atom stereocenters. The minimum atomic E-state index is -0.385. The van der Waals surface area contributed by atoms with Crippen LogP contribution in [-0.2, 0) is 4.74 Å². The first kappa shape index (κ1) is 16.9. The van der Waals surface area contributed by atoms with Gasteiger partial charge in [-0.3, -0.25) is 0 Å². The summed E-state index contributed by atoms with van der Waals surface area (Å²) in [7, 11) is 1.35. The Morgan fingerprint density at radius 2 is 2.00 bits per heavy atom. The van der Waals surface area contributed by atoms with Gasteiger partial charge in [0.25, 0.3) is 0 Å². The fraction of sp³-hybridized carbons (Fsp3) is 0.0556. The van der Waals surface area contributed by atoms with E-state index in [2.05, 4.69) is 25.9 Å². The molecule has 128 valence electrons. The molecule has 8 heteroatoms. The maximum atomic E-state index is 11.6. The summed E-state index contributed by atoms with van der Waals surface area (Å²) in [6.45, 7) is 0. The van der Waals surface area contributed by atoms with Crippen LogP contribution in [-0.4, -0.2) is 33.7 Å². The van der Waals surface area contributed by atoms with Crippen LogP contribution in [0.2, 0.25) is 0 Å². The molecular weight excluding hydrogens is 332 g/mol. The first-order valence-electron chi connectivity index (χ1n) is 7.61. The standard InChI is InChI=1S/C18H14N6O2/c1-26-18(25)13-8-6-12(7-9-13)15-4-2-3-5-16(15)20-11-14(10-19)17-21-23-24-22-17/h2-9,11,20H,1H3,(H,21,22,23,24). The number of para-hydroxylation sites is 1. The van der Waals surface area contributed by atoms with Gasteiger partial charge in [0.2, 0.25) is 5.82 Å². The molecule has 0 bridgehead atoms. The van der Waals surface area contributed by atoms with Gasteiger partial charge in [-0.2, -0.15) is 10.5 Å². The van der Waals surface area contributed by atoms with Crippen molar-refractivity contribution in [2.24, 2.45) is 0 Å². The number of anilines is 1. The quantitative estimate of drug-likeness (QED) is 0.539. The third-order valence-electron chi connectivity index (χ3n) is 3.62. The van der Waals surface area contributed by atoms with Gasteiger partial charge in [-0.25, -0.2) is 4.79 Å². The molecule has 3 rings (SSSR count). The first-order valence-corrected chi connectivity index (χ1v) is 7.61. The van der Waals surface area contributed by atoms with E-state index in [9.17, 15) is 10.1 Å². The number of methoxy groups -OCH3 is 1. The van der Waals surface area contributed by atoms with E-state index < -0.39 is 0 Å². The van der Waals surface area contributed by atoms with Gasteiger partial charge in [0.05, 0.1) is 12.7 Å². The Morgan fingerprint density at radius 3 is 2.65 bits per heavy atom. The number of nitriles is 1. The summed E-state index contributed by atoms with van der Waals surface area (Å²) in [6.07, 6.45) is 1.52. The van der Waals surface area contributed by atoms with Crippen LogP contribution in [0.25, 0.3) is 16.7 Å². The Bertz CT molecular complexity index is 972. The summed E-state index contributed by atoms with van der Waals surface area (Å²) in [5.74, 6) is -0.176. The SMILES string of the molecule is COC(=O)c1ccc(-c2ccccc2NC=C(C#N)c2nn[nH]n2)cc1. The van der Waals surface area contributed by atoms with Crippen molar-refractivity contribution in [1.82, 2.24) is 20.6 Å². The molecule has 26 heavy (non-hydrogen) atoms. The molecule has 1 aromatic heterocycles. The lowest BCUT2D eigenvalue weighted by molar-refractivity contribution is 0.0601. The Morgan fingerprint density at radius 1 is 1.23 bits per heavy atom. The third kappa shape index (κ3) is 3.57. The summed E-state index contributed by atoms with van der Waals surface area (Å²) in [4.78, 5) is 11.6. The Kier molecular flexibility index (Phi) is 5.00. The zero-order valence-corrected chi connectivity index (χ0v) is 13.8. The number of aromatic amines is 1. The van der Waals surface area contributed by atoms with Crippen molar-refractivity contribution in [2.75, 3.05) is 12.4 Å². The monoisotopic (exact) mass is 346 g/mol. The van der Waals surface area contributed by atoms with Gasteiger partial charge >= 0.3 is 5.97 Å². The number of hydrogen-bond acceptors (Lipinski definition) is 7. The number of esters is 1. The van der Waals surface area contributed by atoms with Gasteiger partial charge in [-0.1, -0.05) is 30.3 Å². The predicted molar refractivity (Wildman–Crippen MR) is 94.6 cm³/mol. The number of carbonyl (C=O) groups is 1. The lowest BCUT2D eigenvalue weighted by atomic mass is 10.0. The molecule has 0 saturated heterocycles. The number of ether oxygens (including phenoxy) is 1. The summed E-state index contributed by atoms with van der Waals surface area (Å²) in [5.41, 5.74) is 3.33. The Labute approximate surface area is 149 Å². The molecule has 8 nitrogen and oxygen atoms in total. The molecule has 0 aliphatic heterocycles. The fourth-order valence-electron chi connectivity index (χ4n) is 2.34. The molecular formula is C18H14N6O2. The van der Waals surface area contributed by atoms with E-state index in [0.717, 1.165) is 16.8 Å². The summed E-state index contributed by atoms with van der Waals surface area (Å²) in [5, 5.41) is 25.7. The van der Waals surface area contributed by atoms with Crippen LogP contribution >= 0.6 is 0 Å². The topological polar surface area (TPSA) is 117 Å². The molecule has 0 radical (unpaired) electrons. The smallest absolute Gasteiger partial charge is 0.337 e. The minimum Gasteiger partial charge on any atom is -0.465 e. The van der Waals surface area contributed by atoms with E-state index in [1.807, 2.05) is 42.5 Å². The van der Waals surface area contributed by atoms with Crippen molar-refractivity contribution in [3.05, 3.63) is 66.1 Å². The van der Waals surface area contributed by atoms with E-state index in [4.69, 9.17) is 4.74 Å². The molecule has 0 unspecified atom stereocenters. The highest BCUT2D eigenvalue weighted by atomic mass is 16.5. The lowest BCUT2D eigenvalue weighted by Gasteiger charge is -2.10. The van der Waals surface area contributed by atoms with Gasteiger partial charge in [0.15, 0.2) is 0 Å². The number of aromatic nitrogens is 4. The summed E-state index contributed by atoms with van der Waals surface area (Å²) < 4.78 is 4.71. The van der Waals surface area contributed by atoms with E-state index in [1.54, 1.807) is 12.1 Å². The van der Waals surface area contributed by atoms with Crippen LogP contribution in [0.15, 0.2) is 54.7 Å². The van der Waals surface area contributed by atoms with Gasteiger partial charge in [-0.15, -0.1) is 10.2 Å². The lowest BCUT2D eigenvalue weighted by Crippen LogP contribution is -2.00. The van der Waals surface area contributed by atoms with Crippen LogP contribution < -0.4 is 5.32 Å². The van der Waals surface area contributed by atoms with Crippen molar-refractivity contribution < 1.29 is 9.53 Å². The van der Waals surface area contributed by atoms with Crippen molar-refractivity contribution in [2.45, 2.75) is 0 Å². The van der Waals surface area contributed by atoms with E-state index >= 15 is 0 Å². The Hall–Kier alpha value is -3.99. The molecule has 1 heterocycles. The zero-order valence-electron chi connectivity index (χ0n) is 13.8. The molecule has 0 aliphatic rings. The Balaban J connectivity index is 1.89. The van der Waals surface area contributed by atoms with E-state index in [-0.39, 0.29) is 17.4 Å². The molecule has 2 aromatic carbocycles. The maximum Gasteiger partial charge on any atom is 0.337 e. The number of allylic oxidation sites excluding steroid dienone is 1. The molecule has 0 aliphatic carbocycles. The average Bonchev–Trinajstić information content (AvgIpc) is 3.23. The fourth-order valence-corrected chi connectivity index (χ4v) is 2.34. The zero-order chi connectivity index (χ0) is 18.4. The largest absolute Gasteiger partial charge is 0.465 e. The highest BCUT2D eigenvalue weighted by Gasteiger charge is 2.09. The normalized spacial score (nSPS) is 10.8. The molecule has 0 fully saturated rings. The second-order valence-corrected chi connectivity index (χ2v) is 5.16. The van der Waals surface area contributed by atoms with Crippen LogP contribution in [0.3, 0.4) is 0 Å². The highest BCUT2D eigenvalue weighted by molar-refractivity contribution is 5.90. The molecule has 0 saturated carbocycles.